The van der Waals surface area contributed by atoms with Crippen molar-refractivity contribution in [3.63, 3.8) is 0 Å². The molecule has 8 heteroatoms. The number of nitro benzene ring substituents is 1. The SMILES string of the molecule is COc1ccc(NC(=S)NC(=O)c2cc(C)cc(C)c2)cc1[N+](=O)[O-]. The molecule has 0 unspecified atom stereocenters. The summed E-state index contributed by atoms with van der Waals surface area (Å²) in [5.74, 6) is -0.215. The fraction of sp³-hybridized carbons (Fsp3) is 0.176. The average Bonchev–Trinajstić information content (AvgIpc) is 2.53. The number of nitro groups is 1. The molecule has 7 nitrogen and oxygen atoms in total. The van der Waals surface area contributed by atoms with Crippen molar-refractivity contribution in [3.05, 3.63) is 63.2 Å². The molecule has 2 N–H and O–H groups in total. The fourth-order valence-electron chi connectivity index (χ4n) is 2.35. The molecule has 0 heterocycles. The molecule has 2 rings (SSSR count). The fourth-order valence-corrected chi connectivity index (χ4v) is 2.56. The number of nitrogens with one attached hydrogen (secondary N) is 2. The molecule has 0 fully saturated rings. The van der Waals surface area contributed by atoms with E-state index in [4.69, 9.17) is 17.0 Å². The Bertz CT molecular complexity index is 832. The number of amides is 1. The van der Waals surface area contributed by atoms with E-state index in [2.05, 4.69) is 10.6 Å². The first-order chi connectivity index (χ1) is 11.8. The third-order valence-electron chi connectivity index (χ3n) is 3.34. The first-order valence-corrected chi connectivity index (χ1v) is 7.74. The molecule has 25 heavy (non-hydrogen) atoms. The number of hydrogen-bond donors (Lipinski definition) is 2. The van der Waals surface area contributed by atoms with E-state index in [0.29, 0.717) is 11.3 Å². The van der Waals surface area contributed by atoms with E-state index in [9.17, 15) is 14.9 Å². The zero-order chi connectivity index (χ0) is 18.6. The number of hydrogen-bond acceptors (Lipinski definition) is 5. The minimum Gasteiger partial charge on any atom is -0.490 e. The topological polar surface area (TPSA) is 93.5 Å². The van der Waals surface area contributed by atoms with Crippen LogP contribution in [-0.2, 0) is 0 Å². The van der Waals surface area contributed by atoms with Crippen LogP contribution in [0.5, 0.6) is 5.75 Å². The van der Waals surface area contributed by atoms with Gasteiger partial charge in [-0.05, 0) is 50.3 Å². The predicted octanol–water partition coefficient (Wildman–Crippen LogP) is 3.35. The van der Waals surface area contributed by atoms with Crippen molar-refractivity contribution in [2.75, 3.05) is 12.4 Å². The van der Waals surface area contributed by atoms with Gasteiger partial charge in [-0.25, -0.2) is 0 Å². The first kappa shape index (κ1) is 18.3. The summed E-state index contributed by atoms with van der Waals surface area (Å²) in [6.45, 7) is 3.80. The molecule has 0 bridgehead atoms. The summed E-state index contributed by atoms with van der Waals surface area (Å²) in [7, 11) is 1.35. The molecule has 0 spiro atoms. The Morgan fingerprint density at radius 1 is 1.16 bits per heavy atom. The average molecular weight is 359 g/mol. The molecule has 0 aliphatic carbocycles. The van der Waals surface area contributed by atoms with Gasteiger partial charge in [-0.1, -0.05) is 17.2 Å². The Hall–Kier alpha value is -3.00. The van der Waals surface area contributed by atoms with Crippen molar-refractivity contribution < 1.29 is 14.5 Å². The van der Waals surface area contributed by atoms with Crippen LogP contribution in [0.1, 0.15) is 21.5 Å². The number of methoxy groups -OCH3 is 1. The maximum Gasteiger partial charge on any atom is 0.312 e. The van der Waals surface area contributed by atoms with Crippen LogP contribution in [0.3, 0.4) is 0 Å². The summed E-state index contributed by atoms with van der Waals surface area (Å²) >= 11 is 5.10. The van der Waals surface area contributed by atoms with Crippen LogP contribution in [-0.4, -0.2) is 23.1 Å². The standard InChI is InChI=1S/C17H17N3O4S/c1-10-6-11(2)8-12(7-10)16(21)19-17(25)18-13-4-5-15(24-3)14(9-13)20(22)23/h4-9H,1-3H3,(H2,18,19,21,25). The summed E-state index contributed by atoms with van der Waals surface area (Å²) in [5, 5.41) is 16.4. The Labute approximate surface area is 150 Å². The molecule has 0 saturated heterocycles. The van der Waals surface area contributed by atoms with Crippen molar-refractivity contribution >= 4 is 34.6 Å². The molecular weight excluding hydrogens is 342 g/mol. The Morgan fingerprint density at radius 2 is 1.80 bits per heavy atom. The maximum absolute atomic E-state index is 12.3. The van der Waals surface area contributed by atoms with E-state index in [1.54, 1.807) is 18.2 Å². The molecule has 0 aliphatic heterocycles. The number of carbonyl (C=O) groups excluding carboxylic acids is 1. The normalized spacial score (nSPS) is 10.0. The minimum absolute atomic E-state index is 0.0450. The third kappa shape index (κ3) is 4.74. The smallest absolute Gasteiger partial charge is 0.312 e. The highest BCUT2D eigenvalue weighted by molar-refractivity contribution is 7.80. The van der Waals surface area contributed by atoms with Crippen molar-refractivity contribution in [1.29, 1.82) is 0 Å². The molecule has 0 radical (unpaired) electrons. The van der Waals surface area contributed by atoms with Gasteiger partial charge in [-0.15, -0.1) is 0 Å². The lowest BCUT2D eigenvalue weighted by molar-refractivity contribution is -0.385. The van der Waals surface area contributed by atoms with E-state index >= 15 is 0 Å². The summed E-state index contributed by atoms with van der Waals surface area (Å²) in [6, 6.07) is 9.78. The molecule has 0 saturated carbocycles. The number of rotatable bonds is 4. The number of aryl methyl sites for hydroxylation is 2. The van der Waals surface area contributed by atoms with Gasteiger partial charge < -0.3 is 10.1 Å². The quantitative estimate of drug-likeness (QED) is 0.494. The molecular formula is C17H17N3O4S. The van der Waals surface area contributed by atoms with Crippen LogP contribution in [0.25, 0.3) is 0 Å². The van der Waals surface area contributed by atoms with E-state index in [1.807, 2.05) is 19.9 Å². The highest BCUT2D eigenvalue weighted by Gasteiger charge is 2.16. The molecule has 0 atom stereocenters. The second-order valence-electron chi connectivity index (χ2n) is 5.43. The Balaban J connectivity index is 2.11. The lowest BCUT2D eigenvalue weighted by atomic mass is 10.1. The number of benzene rings is 2. The van der Waals surface area contributed by atoms with Crippen molar-refractivity contribution in [2.24, 2.45) is 0 Å². The first-order valence-electron chi connectivity index (χ1n) is 7.33. The van der Waals surface area contributed by atoms with Crippen molar-refractivity contribution in [1.82, 2.24) is 5.32 Å². The van der Waals surface area contributed by atoms with E-state index in [1.165, 1.54) is 19.2 Å². The largest absolute Gasteiger partial charge is 0.490 e. The summed E-state index contributed by atoms with van der Waals surface area (Å²) in [6.07, 6.45) is 0. The zero-order valence-corrected chi connectivity index (χ0v) is 14.8. The number of thiocarbonyl (C=S) groups is 1. The van der Waals surface area contributed by atoms with Gasteiger partial charge in [0.05, 0.1) is 12.0 Å². The van der Waals surface area contributed by atoms with Gasteiger partial charge in [0, 0.05) is 17.3 Å². The molecule has 2 aromatic carbocycles. The van der Waals surface area contributed by atoms with E-state index in [-0.39, 0.29) is 22.5 Å². The monoisotopic (exact) mass is 359 g/mol. The second kappa shape index (κ2) is 7.71. The highest BCUT2D eigenvalue weighted by Crippen LogP contribution is 2.29. The van der Waals surface area contributed by atoms with Crippen LogP contribution in [0.2, 0.25) is 0 Å². The number of ether oxygens (including phenoxy) is 1. The van der Waals surface area contributed by atoms with Crippen LogP contribution in [0, 0.1) is 24.0 Å². The Morgan fingerprint density at radius 3 is 2.36 bits per heavy atom. The van der Waals surface area contributed by atoms with Crippen LogP contribution >= 0.6 is 12.2 Å². The van der Waals surface area contributed by atoms with Crippen LogP contribution < -0.4 is 15.4 Å². The summed E-state index contributed by atoms with van der Waals surface area (Å²) in [5.41, 5.74) is 2.60. The van der Waals surface area contributed by atoms with Gasteiger partial charge in [0.15, 0.2) is 10.9 Å². The lowest BCUT2D eigenvalue weighted by Crippen LogP contribution is -2.34. The van der Waals surface area contributed by atoms with Crippen LogP contribution in [0.15, 0.2) is 36.4 Å². The minimum atomic E-state index is -0.554. The summed E-state index contributed by atoms with van der Waals surface area (Å²) in [4.78, 5) is 22.7. The van der Waals surface area contributed by atoms with Gasteiger partial charge in [0.2, 0.25) is 0 Å². The van der Waals surface area contributed by atoms with Gasteiger partial charge in [-0.3, -0.25) is 20.2 Å². The number of nitrogens with zero attached hydrogens (tertiary/aromatic N) is 1. The molecule has 0 aliphatic rings. The number of carbonyl (C=O) groups is 1. The lowest BCUT2D eigenvalue weighted by Gasteiger charge is -2.11. The zero-order valence-electron chi connectivity index (χ0n) is 14.0. The predicted molar refractivity (Wildman–Crippen MR) is 99.3 cm³/mol. The summed E-state index contributed by atoms with van der Waals surface area (Å²) < 4.78 is 4.94. The van der Waals surface area contributed by atoms with E-state index < -0.39 is 4.92 Å². The molecule has 1 amide bonds. The van der Waals surface area contributed by atoms with Crippen molar-refractivity contribution in [3.8, 4) is 5.75 Å². The van der Waals surface area contributed by atoms with Gasteiger partial charge in [0.1, 0.15) is 0 Å². The molecule has 2 aromatic rings. The third-order valence-corrected chi connectivity index (χ3v) is 3.55. The van der Waals surface area contributed by atoms with Gasteiger partial charge in [0.25, 0.3) is 5.91 Å². The van der Waals surface area contributed by atoms with Crippen LogP contribution in [0.4, 0.5) is 11.4 Å². The maximum atomic E-state index is 12.3. The Kier molecular flexibility index (Phi) is 5.66. The second-order valence-corrected chi connectivity index (χ2v) is 5.84. The highest BCUT2D eigenvalue weighted by atomic mass is 32.1. The molecule has 130 valence electrons. The number of anilines is 1. The van der Waals surface area contributed by atoms with Crippen molar-refractivity contribution in [2.45, 2.75) is 13.8 Å². The van der Waals surface area contributed by atoms with E-state index in [0.717, 1.165) is 11.1 Å². The van der Waals surface area contributed by atoms with Gasteiger partial charge >= 0.3 is 5.69 Å². The molecule has 0 aromatic heterocycles. The van der Waals surface area contributed by atoms with Gasteiger partial charge in [-0.2, -0.15) is 0 Å².